The van der Waals surface area contributed by atoms with Gasteiger partial charge in [0.1, 0.15) is 0 Å². The Morgan fingerprint density at radius 3 is 2.28 bits per heavy atom. The Morgan fingerprint density at radius 1 is 1.22 bits per heavy atom. The maximum absolute atomic E-state index is 11.9. The van der Waals surface area contributed by atoms with Gasteiger partial charge in [-0.2, -0.15) is 0 Å². The molecule has 1 amide bonds. The normalized spacial score (nSPS) is 11.1. The number of benzene rings is 1. The Balaban J connectivity index is 2.60. The summed E-state index contributed by atoms with van der Waals surface area (Å²) in [4.78, 5) is 24.5. The van der Waals surface area contributed by atoms with E-state index in [4.69, 9.17) is 5.11 Å². The van der Waals surface area contributed by atoms with Gasteiger partial charge in [0.25, 0.3) is 0 Å². The van der Waals surface area contributed by atoms with Crippen LogP contribution in [0, 0.1) is 5.41 Å². The molecule has 18 heavy (non-hydrogen) atoms. The van der Waals surface area contributed by atoms with Gasteiger partial charge in [0.05, 0.1) is 5.41 Å². The minimum absolute atomic E-state index is 0.00562. The fourth-order valence-electron chi connectivity index (χ4n) is 1.53. The molecule has 0 unspecified atom stereocenters. The fourth-order valence-corrected chi connectivity index (χ4v) is 1.53. The van der Waals surface area contributed by atoms with Crippen LogP contribution in [0.3, 0.4) is 0 Å². The van der Waals surface area contributed by atoms with E-state index in [1.165, 1.54) is 0 Å². The molecule has 0 aliphatic heterocycles. The molecule has 1 aromatic rings. The van der Waals surface area contributed by atoms with Gasteiger partial charge in [-0.05, 0) is 19.4 Å². The zero-order chi connectivity index (χ0) is 13.8. The van der Waals surface area contributed by atoms with Crippen molar-refractivity contribution in [2.75, 3.05) is 7.05 Å². The van der Waals surface area contributed by atoms with Gasteiger partial charge in [-0.1, -0.05) is 30.3 Å². The average Bonchev–Trinajstić information content (AvgIpc) is 2.29. The van der Waals surface area contributed by atoms with Gasteiger partial charge < -0.3 is 10.0 Å². The van der Waals surface area contributed by atoms with Crippen molar-refractivity contribution >= 4 is 11.9 Å². The van der Waals surface area contributed by atoms with Crippen molar-refractivity contribution < 1.29 is 14.7 Å². The minimum atomic E-state index is -1.03. The summed E-state index contributed by atoms with van der Waals surface area (Å²) in [5, 5.41) is 8.99. The summed E-state index contributed by atoms with van der Waals surface area (Å²) >= 11 is 0. The van der Waals surface area contributed by atoms with Crippen LogP contribution in [-0.4, -0.2) is 28.9 Å². The van der Waals surface area contributed by atoms with E-state index in [-0.39, 0.29) is 12.3 Å². The molecule has 0 aliphatic rings. The highest BCUT2D eigenvalue weighted by molar-refractivity contribution is 5.84. The van der Waals surface area contributed by atoms with E-state index in [1.807, 2.05) is 30.3 Å². The molecule has 0 saturated carbocycles. The van der Waals surface area contributed by atoms with Crippen molar-refractivity contribution in [1.82, 2.24) is 4.90 Å². The van der Waals surface area contributed by atoms with Crippen LogP contribution in [0.25, 0.3) is 0 Å². The largest absolute Gasteiger partial charge is 0.481 e. The summed E-state index contributed by atoms with van der Waals surface area (Å²) in [7, 11) is 1.69. The highest BCUT2D eigenvalue weighted by Crippen LogP contribution is 2.21. The van der Waals surface area contributed by atoms with Crippen LogP contribution in [0.1, 0.15) is 25.8 Å². The van der Waals surface area contributed by atoms with Crippen molar-refractivity contribution in [2.45, 2.75) is 26.8 Å². The lowest BCUT2D eigenvalue weighted by atomic mass is 9.89. The van der Waals surface area contributed by atoms with Gasteiger partial charge in [0.2, 0.25) is 5.91 Å². The molecule has 0 heterocycles. The first kappa shape index (κ1) is 14.2. The van der Waals surface area contributed by atoms with Crippen LogP contribution < -0.4 is 0 Å². The van der Waals surface area contributed by atoms with E-state index < -0.39 is 11.4 Å². The Morgan fingerprint density at radius 2 is 1.78 bits per heavy atom. The molecule has 0 fully saturated rings. The first-order valence-corrected chi connectivity index (χ1v) is 5.84. The molecule has 0 atom stereocenters. The molecule has 98 valence electrons. The molecule has 1 aromatic carbocycles. The smallest absolute Gasteiger partial charge is 0.309 e. The first-order chi connectivity index (χ1) is 8.33. The number of nitrogens with zero attached hydrogens (tertiary/aromatic N) is 1. The van der Waals surface area contributed by atoms with Crippen LogP contribution >= 0.6 is 0 Å². The van der Waals surface area contributed by atoms with E-state index >= 15 is 0 Å². The molecular formula is C14H19NO3. The van der Waals surface area contributed by atoms with E-state index in [0.29, 0.717) is 6.54 Å². The Kier molecular flexibility index (Phi) is 4.48. The highest BCUT2D eigenvalue weighted by atomic mass is 16.4. The predicted octanol–water partition coefficient (Wildman–Crippen LogP) is 2.15. The van der Waals surface area contributed by atoms with Crippen LogP contribution in [-0.2, 0) is 16.1 Å². The second kappa shape index (κ2) is 5.67. The number of hydrogen-bond donors (Lipinski definition) is 1. The van der Waals surface area contributed by atoms with Gasteiger partial charge in [0.15, 0.2) is 0 Å². The van der Waals surface area contributed by atoms with Gasteiger partial charge in [-0.25, -0.2) is 0 Å². The molecule has 0 bridgehead atoms. The molecule has 1 rings (SSSR count). The van der Waals surface area contributed by atoms with Crippen molar-refractivity contribution in [2.24, 2.45) is 5.41 Å². The Labute approximate surface area is 107 Å². The number of carbonyl (C=O) groups excluding carboxylic acids is 1. The molecule has 4 nitrogen and oxygen atoms in total. The molecule has 4 heteroatoms. The van der Waals surface area contributed by atoms with Crippen molar-refractivity contribution in [3.63, 3.8) is 0 Å². The van der Waals surface area contributed by atoms with Gasteiger partial charge in [-0.15, -0.1) is 0 Å². The number of rotatable bonds is 5. The molecule has 1 N–H and O–H groups in total. The highest BCUT2D eigenvalue weighted by Gasteiger charge is 2.31. The minimum Gasteiger partial charge on any atom is -0.481 e. The SMILES string of the molecule is CN(Cc1ccccc1)C(=O)CC(C)(C)C(=O)O. The first-order valence-electron chi connectivity index (χ1n) is 5.84. The monoisotopic (exact) mass is 249 g/mol. The molecule has 0 aromatic heterocycles. The van der Waals surface area contributed by atoms with Gasteiger partial charge in [-0.3, -0.25) is 9.59 Å². The molecule has 0 spiro atoms. The average molecular weight is 249 g/mol. The zero-order valence-electron chi connectivity index (χ0n) is 11.0. The van der Waals surface area contributed by atoms with E-state index in [0.717, 1.165) is 5.56 Å². The topological polar surface area (TPSA) is 57.6 Å². The third-order valence-electron chi connectivity index (χ3n) is 2.86. The van der Waals surface area contributed by atoms with Crippen molar-refractivity contribution in [3.05, 3.63) is 35.9 Å². The molecule has 0 radical (unpaired) electrons. The third kappa shape index (κ3) is 3.87. The van der Waals surface area contributed by atoms with E-state index in [2.05, 4.69) is 0 Å². The second-order valence-electron chi connectivity index (χ2n) is 5.10. The summed E-state index contributed by atoms with van der Waals surface area (Å²) in [5.41, 5.74) is 0.00339. The number of carboxylic acids is 1. The van der Waals surface area contributed by atoms with E-state index in [9.17, 15) is 9.59 Å². The summed E-state index contributed by atoms with van der Waals surface area (Å²) in [6.45, 7) is 3.61. The summed E-state index contributed by atoms with van der Waals surface area (Å²) < 4.78 is 0. The molecule has 0 saturated heterocycles. The number of carbonyl (C=O) groups is 2. The number of amides is 1. The van der Waals surface area contributed by atoms with Crippen molar-refractivity contribution in [1.29, 1.82) is 0 Å². The Bertz CT molecular complexity index is 426. The standard InChI is InChI=1S/C14H19NO3/c1-14(2,13(17)18)9-12(16)15(3)10-11-7-5-4-6-8-11/h4-8H,9-10H2,1-3H3,(H,17,18). The van der Waals surface area contributed by atoms with Crippen LogP contribution in [0.5, 0.6) is 0 Å². The lowest BCUT2D eigenvalue weighted by Gasteiger charge is -2.23. The third-order valence-corrected chi connectivity index (χ3v) is 2.86. The predicted molar refractivity (Wildman–Crippen MR) is 68.9 cm³/mol. The van der Waals surface area contributed by atoms with Crippen LogP contribution in [0.15, 0.2) is 30.3 Å². The quantitative estimate of drug-likeness (QED) is 0.869. The maximum Gasteiger partial charge on any atom is 0.309 e. The zero-order valence-corrected chi connectivity index (χ0v) is 11.0. The number of carboxylic acid groups (broad SMARTS) is 1. The summed E-state index contributed by atoms with van der Waals surface area (Å²) in [6.07, 6.45) is 0.00562. The van der Waals surface area contributed by atoms with E-state index in [1.54, 1.807) is 25.8 Å². The van der Waals surface area contributed by atoms with Crippen LogP contribution in [0.2, 0.25) is 0 Å². The van der Waals surface area contributed by atoms with Gasteiger partial charge in [0, 0.05) is 20.0 Å². The molecular weight excluding hydrogens is 230 g/mol. The second-order valence-corrected chi connectivity index (χ2v) is 5.10. The molecule has 0 aliphatic carbocycles. The van der Waals surface area contributed by atoms with Crippen molar-refractivity contribution in [3.8, 4) is 0 Å². The number of aliphatic carboxylic acids is 1. The summed E-state index contributed by atoms with van der Waals surface area (Å²) in [6, 6.07) is 9.61. The van der Waals surface area contributed by atoms with Crippen LogP contribution in [0.4, 0.5) is 0 Å². The number of hydrogen-bond acceptors (Lipinski definition) is 2. The summed E-state index contributed by atoms with van der Waals surface area (Å²) in [5.74, 6) is -1.12. The lowest BCUT2D eigenvalue weighted by molar-refractivity contribution is -0.151. The fraction of sp³-hybridized carbons (Fsp3) is 0.429. The Hall–Kier alpha value is -1.84. The van der Waals surface area contributed by atoms with Gasteiger partial charge >= 0.3 is 5.97 Å². The maximum atomic E-state index is 11.9. The lowest BCUT2D eigenvalue weighted by Crippen LogP contribution is -2.34.